The first-order valence-electron chi connectivity index (χ1n) is 7.74. The van der Waals surface area contributed by atoms with Gasteiger partial charge in [0.25, 0.3) is 0 Å². The molecule has 0 aliphatic rings. The Labute approximate surface area is 143 Å². The van der Waals surface area contributed by atoms with Crippen LogP contribution in [0, 0.1) is 5.82 Å². The van der Waals surface area contributed by atoms with Gasteiger partial charge in [-0.05, 0) is 30.3 Å². The fourth-order valence-electron chi connectivity index (χ4n) is 2.43. The van der Waals surface area contributed by atoms with Gasteiger partial charge in [-0.15, -0.1) is 0 Å². The van der Waals surface area contributed by atoms with Gasteiger partial charge in [-0.3, -0.25) is 0 Å². The van der Waals surface area contributed by atoms with Crippen LogP contribution in [-0.2, 0) is 0 Å². The van der Waals surface area contributed by atoms with Gasteiger partial charge in [0, 0.05) is 17.4 Å². The molecule has 25 heavy (non-hydrogen) atoms. The normalized spacial score (nSPS) is 10.6. The van der Waals surface area contributed by atoms with Crippen LogP contribution in [0.3, 0.4) is 0 Å². The number of hydrogen-bond acceptors (Lipinski definition) is 4. The molecule has 0 unspecified atom stereocenters. The highest BCUT2D eigenvalue weighted by Crippen LogP contribution is 2.22. The Kier molecular flexibility index (Phi) is 3.92. The largest absolute Gasteiger partial charge is 0.337 e. The molecule has 122 valence electrons. The van der Waals surface area contributed by atoms with Crippen LogP contribution in [0.4, 0.5) is 16.0 Å². The van der Waals surface area contributed by atoms with E-state index in [1.165, 1.54) is 12.1 Å². The molecular formula is C19H14FN5. The first kappa shape index (κ1) is 15.0. The average Bonchev–Trinajstić information content (AvgIpc) is 3.15. The maximum absolute atomic E-state index is 13.0. The zero-order chi connectivity index (χ0) is 17.1. The van der Waals surface area contributed by atoms with Crippen molar-refractivity contribution in [1.29, 1.82) is 0 Å². The summed E-state index contributed by atoms with van der Waals surface area (Å²) in [5, 5.41) is 3.06. The van der Waals surface area contributed by atoms with E-state index in [-0.39, 0.29) is 5.82 Å². The molecule has 2 aromatic carbocycles. The quantitative estimate of drug-likeness (QED) is 0.581. The lowest BCUT2D eigenvalue weighted by atomic mass is 10.2. The molecule has 0 amide bonds. The fraction of sp³-hybridized carbons (Fsp3) is 0. The van der Waals surface area contributed by atoms with Gasteiger partial charge in [-0.1, -0.05) is 30.3 Å². The molecule has 0 saturated heterocycles. The minimum atomic E-state index is -0.286. The SMILES string of the molecule is Fc1ccc(Nc2nccc(-c3cnc(-c4ccccc4)[nH]3)n2)cc1. The summed E-state index contributed by atoms with van der Waals surface area (Å²) in [4.78, 5) is 16.4. The highest BCUT2D eigenvalue weighted by atomic mass is 19.1. The van der Waals surface area contributed by atoms with Crippen molar-refractivity contribution < 1.29 is 4.39 Å². The highest BCUT2D eigenvalue weighted by molar-refractivity contribution is 5.63. The lowest BCUT2D eigenvalue weighted by Crippen LogP contribution is -1.98. The number of imidazole rings is 1. The molecule has 2 N–H and O–H groups in total. The number of aromatic amines is 1. The minimum Gasteiger partial charge on any atom is -0.337 e. The number of aromatic nitrogens is 4. The van der Waals surface area contributed by atoms with Gasteiger partial charge in [0.1, 0.15) is 11.6 Å². The van der Waals surface area contributed by atoms with Crippen molar-refractivity contribution in [3.05, 3.63) is 78.9 Å². The first-order chi connectivity index (χ1) is 12.3. The second kappa shape index (κ2) is 6.52. The number of hydrogen-bond donors (Lipinski definition) is 2. The Morgan fingerprint density at radius 2 is 1.68 bits per heavy atom. The van der Waals surface area contributed by atoms with Crippen molar-refractivity contribution >= 4 is 11.6 Å². The Balaban J connectivity index is 1.59. The third-order valence-electron chi connectivity index (χ3n) is 3.65. The standard InChI is InChI=1S/C19H14FN5/c20-14-6-8-15(9-7-14)23-19-21-11-10-16(25-19)17-12-22-18(24-17)13-4-2-1-3-5-13/h1-12H,(H,22,24)(H,21,23,25). The predicted octanol–water partition coefficient (Wildman–Crippen LogP) is 4.42. The summed E-state index contributed by atoms with van der Waals surface area (Å²) in [6, 6.07) is 17.7. The van der Waals surface area contributed by atoms with Crippen LogP contribution in [0.5, 0.6) is 0 Å². The number of halogens is 1. The fourth-order valence-corrected chi connectivity index (χ4v) is 2.43. The molecule has 2 heterocycles. The number of nitrogens with one attached hydrogen (secondary N) is 2. The van der Waals surface area contributed by atoms with Crippen LogP contribution < -0.4 is 5.32 Å². The number of rotatable bonds is 4. The monoisotopic (exact) mass is 331 g/mol. The molecule has 4 rings (SSSR count). The van der Waals surface area contributed by atoms with E-state index < -0.39 is 0 Å². The first-order valence-corrected chi connectivity index (χ1v) is 7.74. The average molecular weight is 331 g/mol. The van der Waals surface area contributed by atoms with Crippen molar-refractivity contribution in [2.45, 2.75) is 0 Å². The summed E-state index contributed by atoms with van der Waals surface area (Å²) in [7, 11) is 0. The Bertz CT molecular complexity index is 980. The molecule has 0 aliphatic carbocycles. The van der Waals surface area contributed by atoms with Crippen molar-refractivity contribution in [3.8, 4) is 22.8 Å². The molecule has 0 spiro atoms. The van der Waals surface area contributed by atoms with Crippen LogP contribution in [-0.4, -0.2) is 19.9 Å². The van der Waals surface area contributed by atoms with Crippen molar-refractivity contribution in [1.82, 2.24) is 19.9 Å². The number of benzene rings is 2. The third kappa shape index (κ3) is 3.37. The van der Waals surface area contributed by atoms with Crippen LogP contribution >= 0.6 is 0 Å². The van der Waals surface area contributed by atoms with E-state index in [2.05, 4.69) is 25.3 Å². The summed E-state index contributed by atoms with van der Waals surface area (Å²) < 4.78 is 13.0. The summed E-state index contributed by atoms with van der Waals surface area (Å²) >= 11 is 0. The zero-order valence-electron chi connectivity index (χ0n) is 13.1. The van der Waals surface area contributed by atoms with Gasteiger partial charge in [0.2, 0.25) is 5.95 Å². The summed E-state index contributed by atoms with van der Waals surface area (Å²) in [6.07, 6.45) is 3.41. The van der Waals surface area contributed by atoms with Crippen LogP contribution in [0.15, 0.2) is 73.1 Å². The highest BCUT2D eigenvalue weighted by Gasteiger charge is 2.08. The molecule has 5 nitrogen and oxygen atoms in total. The maximum Gasteiger partial charge on any atom is 0.227 e. The number of H-pyrrole nitrogens is 1. The van der Waals surface area contributed by atoms with E-state index in [4.69, 9.17) is 0 Å². The predicted molar refractivity (Wildman–Crippen MR) is 94.7 cm³/mol. The van der Waals surface area contributed by atoms with Crippen molar-refractivity contribution in [2.75, 3.05) is 5.32 Å². The summed E-state index contributed by atoms with van der Waals surface area (Å²) in [5.41, 5.74) is 3.23. The molecule has 0 fully saturated rings. The Hall–Kier alpha value is -3.54. The maximum atomic E-state index is 13.0. The topological polar surface area (TPSA) is 66.5 Å². The van der Waals surface area contributed by atoms with Crippen LogP contribution in [0.25, 0.3) is 22.8 Å². The van der Waals surface area contributed by atoms with E-state index >= 15 is 0 Å². The van der Waals surface area contributed by atoms with E-state index in [0.717, 1.165) is 17.1 Å². The van der Waals surface area contributed by atoms with Gasteiger partial charge in [-0.25, -0.2) is 19.3 Å². The number of nitrogens with zero attached hydrogens (tertiary/aromatic N) is 3. The molecule has 0 atom stereocenters. The van der Waals surface area contributed by atoms with Crippen molar-refractivity contribution in [2.24, 2.45) is 0 Å². The molecular weight excluding hydrogens is 317 g/mol. The van der Waals surface area contributed by atoms with E-state index in [1.54, 1.807) is 30.6 Å². The van der Waals surface area contributed by atoms with Gasteiger partial charge in [0.05, 0.1) is 17.6 Å². The lowest BCUT2D eigenvalue weighted by molar-refractivity contribution is 0.628. The molecule has 0 radical (unpaired) electrons. The van der Waals surface area contributed by atoms with E-state index in [1.807, 2.05) is 30.3 Å². The molecule has 4 aromatic rings. The van der Waals surface area contributed by atoms with E-state index in [9.17, 15) is 4.39 Å². The Morgan fingerprint density at radius 1 is 0.880 bits per heavy atom. The van der Waals surface area contributed by atoms with Gasteiger partial charge >= 0.3 is 0 Å². The molecule has 0 saturated carbocycles. The van der Waals surface area contributed by atoms with Gasteiger partial charge in [0.15, 0.2) is 0 Å². The zero-order valence-corrected chi connectivity index (χ0v) is 13.1. The smallest absolute Gasteiger partial charge is 0.227 e. The lowest BCUT2D eigenvalue weighted by Gasteiger charge is -2.05. The Morgan fingerprint density at radius 3 is 2.48 bits per heavy atom. The number of anilines is 2. The summed E-state index contributed by atoms with van der Waals surface area (Å²) in [6.45, 7) is 0. The van der Waals surface area contributed by atoms with Gasteiger partial charge in [-0.2, -0.15) is 0 Å². The molecule has 0 aliphatic heterocycles. The third-order valence-corrected chi connectivity index (χ3v) is 3.65. The van der Waals surface area contributed by atoms with Crippen LogP contribution in [0.2, 0.25) is 0 Å². The summed E-state index contributed by atoms with van der Waals surface area (Å²) in [5.74, 6) is 0.924. The van der Waals surface area contributed by atoms with Crippen LogP contribution in [0.1, 0.15) is 0 Å². The molecule has 2 aromatic heterocycles. The van der Waals surface area contributed by atoms with E-state index in [0.29, 0.717) is 17.3 Å². The molecule has 6 heteroatoms. The van der Waals surface area contributed by atoms with Gasteiger partial charge < -0.3 is 10.3 Å². The second-order valence-electron chi connectivity index (χ2n) is 5.41. The second-order valence-corrected chi connectivity index (χ2v) is 5.41. The minimum absolute atomic E-state index is 0.286. The molecule has 0 bridgehead atoms. The van der Waals surface area contributed by atoms with Crippen molar-refractivity contribution in [3.63, 3.8) is 0 Å².